The van der Waals surface area contributed by atoms with Crippen LogP contribution in [0.25, 0.3) is 0 Å². The lowest BCUT2D eigenvalue weighted by atomic mass is 9.98. The minimum atomic E-state index is -1.19. The quantitative estimate of drug-likeness (QED) is 0.618. The second kappa shape index (κ2) is 2.77. The minimum absolute atomic E-state index is 0.266. The maximum atomic E-state index is 6.04. The third-order valence-electron chi connectivity index (χ3n) is 3.23. The zero-order valence-corrected chi connectivity index (χ0v) is 9.52. The molecule has 2 N–H and O–H groups in total. The highest BCUT2D eigenvalue weighted by Crippen LogP contribution is 2.47. The maximum Gasteiger partial charge on any atom is 0.0576 e. The van der Waals surface area contributed by atoms with Gasteiger partial charge in [-0.1, -0.05) is 38.7 Å². The van der Waals surface area contributed by atoms with E-state index < -0.39 is 8.07 Å². The summed E-state index contributed by atoms with van der Waals surface area (Å²) in [5.74, 6) is 0. The monoisotopic (exact) mass is 181 g/mol. The lowest BCUT2D eigenvalue weighted by Crippen LogP contribution is -2.41. The van der Waals surface area contributed by atoms with Gasteiger partial charge in [0, 0.05) is 10.7 Å². The summed E-state index contributed by atoms with van der Waals surface area (Å²) in [6, 6.07) is 0. The van der Waals surface area contributed by atoms with Crippen LogP contribution in [0.4, 0.5) is 0 Å². The zero-order valence-electron chi connectivity index (χ0n) is 8.52. The number of rotatable bonds is 1. The smallest absolute Gasteiger partial charge is 0.0576 e. The van der Waals surface area contributed by atoms with Crippen molar-refractivity contribution in [3.63, 3.8) is 0 Å². The van der Waals surface area contributed by atoms with E-state index >= 15 is 0 Å². The summed E-state index contributed by atoms with van der Waals surface area (Å²) in [7, 11) is -1.19. The molecule has 0 aromatic carbocycles. The Morgan fingerprint density at radius 3 is 2.33 bits per heavy atom. The third kappa shape index (κ3) is 1.35. The summed E-state index contributed by atoms with van der Waals surface area (Å²) in [6.07, 6.45) is 7.47. The molecule has 1 rings (SSSR count). The van der Waals surface area contributed by atoms with Gasteiger partial charge in [0.1, 0.15) is 0 Å². The van der Waals surface area contributed by atoms with Crippen molar-refractivity contribution >= 4 is 8.07 Å². The SMILES string of the molecule is CC1([Si](C)(C)C)CC=CC=C1N. The number of hydrogen-bond donors (Lipinski definition) is 1. The Labute approximate surface area is 76.4 Å². The van der Waals surface area contributed by atoms with Crippen LogP contribution in [-0.2, 0) is 0 Å². The molecule has 0 bridgehead atoms. The molecule has 12 heavy (non-hydrogen) atoms. The van der Waals surface area contributed by atoms with E-state index in [1.807, 2.05) is 0 Å². The lowest BCUT2D eigenvalue weighted by molar-refractivity contribution is 0.670. The Balaban J connectivity index is 3.01. The fourth-order valence-corrected chi connectivity index (χ4v) is 3.20. The standard InChI is InChI=1S/C10H19NSi/c1-10(12(2,3)4)8-6-5-7-9(10)11/h5-7H,8,11H2,1-4H3. The molecular formula is C10H19NSi. The first-order chi connectivity index (χ1) is 5.38. The minimum Gasteiger partial charge on any atom is -0.402 e. The Morgan fingerprint density at radius 2 is 2.00 bits per heavy atom. The van der Waals surface area contributed by atoms with Crippen molar-refractivity contribution in [2.45, 2.75) is 38.0 Å². The van der Waals surface area contributed by atoms with Crippen molar-refractivity contribution in [1.82, 2.24) is 0 Å². The van der Waals surface area contributed by atoms with Crippen LogP contribution in [0, 0.1) is 0 Å². The van der Waals surface area contributed by atoms with E-state index in [1.54, 1.807) is 0 Å². The molecule has 0 aromatic rings. The van der Waals surface area contributed by atoms with Gasteiger partial charge in [-0.15, -0.1) is 0 Å². The van der Waals surface area contributed by atoms with Crippen molar-refractivity contribution in [2.24, 2.45) is 5.73 Å². The first-order valence-corrected chi connectivity index (χ1v) is 8.01. The van der Waals surface area contributed by atoms with E-state index in [2.05, 4.69) is 44.8 Å². The molecule has 1 nitrogen and oxygen atoms in total. The van der Waals surface area contributed by atoms with E-state index in [0.717, 1.165) is 12.1 Å². The molecule has 1 unspecified atom stereocenters. The van der Waals surface area contributed by atoms with Crippen molar-refractivity contribution in [3.05, 3.63) is 23.9 Å². The van der Waals surface area contributed by atoms with Crippen LogP contribution in [0.1, 0.15) is 13.3 Å². The van der Waals surface area contributed by atoms with Crippen molar-refractivity contribution in [3.8, 4) is 0 Å². The summed E-state index contributed by atoms with van der Waals surface area (Å²) >= 11 is 0. The molecular weight excluding hydrogens is 162 g/mol. The van der Waals surface area contributed by atoms with Crippen molar-refractivity contribution < 1.29 is 0 Å². The summed E-state index contributed by atoms with van der Waals surface area (Å²) in [4.78, 5) is 0. The molecule has 0 fully saturated rings. The second-order valence-corrected chi connectivity index (χ2v) is 10.4. The van der Waals surface area contributed by atoms with Crippen LogP contribution in [0.3, 0.4) is 0 Å². The number of nitrogens with two attached hydrogens (primary N) is 1. The maximum absolute atomic E-state index is 6.04. The van der Waals surface area contributed by atoms with E-state index in [4.69, 9.17) is 5.73 Å². The Morgan fingerprint density at radius 1 is 1.42 bits per heavy atom. The van der Waals surface area contributed by atoms with E-state index in [1.165, 1.54) is 0 Å². The summed E-state index contributed by atoms with van der Waals surface area (Å²) in [6.45, 7) is 9.45. The Kier molecular flexibility index (Phi) is 2.21. The van der Waals surface area contributed by atoms with Crippen molar-refractivity contribution in [2.75, 3.05) is 0 Å². The van der Waals surface area contributed by atoms with Crippen LogP contribution < -0.4 is 5.73 Å². The van der Waals surface area contributed by atoms with E-state index in [9.17, 15) is 0 Å². The van der Waals surface area contributed by atoms with Gasteiger partial charge in [-0.25, -0.2) is 0 Å². The van der Waals surface area contributed by atoms with Gasteiger partial charge < -0.3 is 5.73 Å². The fraction of sp³-hybridized carbons (Fsp3) is 0.600. The molecule has 1 atom stereocenters. The fourth-order valence-electron chi connectivity index (χ4n) is 1.52. The molecule has 0 saturated carbocycles. The van der Waals surface area contributed by atoms with Gasteiger partial charge in [0.05, 0.1) is 8.07 Å². The first-order valence-electron chi connectivity index (χ1n) is 4.51. The first kappa shape index (κ1) is 9.58. The van der Waals surface area contributed by atoms with Crippen LogP contribution in [0.2, 0.25) is 24.7 Å². The summed E-state index contributed by atoms with van der Waals surface area (Å²) in [5.41, 5.74) is 7.12. The topological polar surface area (TPSA) is 26.0 Å². The van der Waals surface area contributed by atoms with Gasteiger partial charge in [0.15, 0.2) is 0 Å². The summed E-state index contributed by atoms with van der Waals surface area (Å²) < 4.78 is 0. The second-order valence-electron chi connectivity index (χ2n) is 4.84. The average molecular weight is 181 g/mol. The highest BCUT2D eigenvalue weighted by atomic mass is 28.3. The van der Waals surface area contributed by atoms with Gasteiger partial charge in [-0.3, -0.25) is 0 Å². The highest BCUT2D eigenvalue weighted by molar-refractivity contribution is 6.79. The number of allylic oxidation sites excluding steroid dienone is 4. The average Bonchev–Trinajstić information content (AvgIpc) is 1.93. The molecule has 0 radical (unpaired) electrons. The molecule has 0 saturated heterocycles. The molecule has 0 amide bonds. The highest BCUT2D eigenvalue weighted by Gasteiger charge is 2.40. The molecule has 1 aliphatic carbocycles. The zero-order chi connectivity index (χ0) is 9.41. The van der Waals surface area contributed by atoms with Crippen LogP contribution >= 0.6 is 0 Å². The molecule has 0 spiro atoms. The van der Waals surface area contributed by atoms with Gasteiger partial charge in [-0.05, 0) is 12.5 Å². The normalized spacial score (nSPS) is 30.2. The third-order valence-corrected chi connectivity index (χ3v) is 7.03. The lowest BCUT2D eigenvalue weighted by Gasteiger charge is -2.41. The molecule has 0 aromatic heterocycles. The predicted octanol–water partition coefficient (Wildman–Crippen LogP) is 2.89. The van der Waals surface area contributed by atoms with E-state index in [0.29, 0.717) is 0 Å². The summed E-state index contributed by atoms with van der Waals surface area (Å²) in [5, 5.41) is 0.266. The van der Waals surface area contributed by atoms with Gasteiger partial charge >= 0.3 is 0 Å². The van der Waals surface area contributed by atoms with E-state index in [-0.39, 0.29) is 5.04 Å². The van der Waals surface area contributed by atoms with Gasteiger partial charge in [-0.2, -0.15) is 0 Å². The molecule has 2 heteroatoms. The largest absolute Gasteiger partial charge is 0.402 e. The van der Waals surface area contributed by atoms with Crippen LogP contribution in [0.5, 0.6) is 0 Å². The van der Waals surface area contributed by atoms with Crippen LogP contribution in [0.15, 0.2) is 23.9 Å². The molecule has 0 heterocycles. The van der Waals surface area contributed by atoms with Crippen LogP contribution in [-0.4, -0.2) is 8.07 Å². The Bertz CT molecular complexity index is 235. The van der Waals surface area contributed by atoms with Gasteiger partial charge in [0.2, 0.25) is 0 Å². The van der Waals surface area contributed by atoms with Gasteiger partial charge in [0.25, 0.3) is 0 Å². The molecule has 0 aliphatic heterocycles. The van der Waals surface area contributed by atoms with Crippen molar-refractivity contribution in [1.29, 1.82) is 0 Å². The predicted molar refractivity (Wildman–Crippen MR) is 57.7 cm³/mol. The molecule has 1 aliphatic rings. The Hall–Kier alpha value is -0.503. The number of hydrogen-bond acceptors (Lipinski definition) is 1. The molecule has 68 valence electrons.